The summed E-state index contributed by atoms with van der Waals surface area (Å²) in [6, 6.07) is 3.86. The van der Waals surface area contributed by atoms with E-state index in [2.05, 4.69) is 13.8 Å². The molecule has 2 aromatic carbocycles. The van der Waals surface area contributed by atoms with E-state index >= 15 is 0 Å². The first-order valence-corrected chi connectivity index (χ1v) is 9.73. The van der Waals surface area contributed by atoms with Gasteiger partial charge < -0.3 is 33.5 Å². The third-order valence-corrected chi connectivity index (χ3v) is 6.27. The van der Waals surface area contributed by atoms with Gasteiger partial charge in [-0.1, -0.05) is 13.8 Å². The quantitative estimate of drug-likeness (QED) is 0.824. The Balaban J connectivity index is 1.90. The molecule has 0 bridgehead atoms. The zero-order valence-corrected chi connectivity index (χ0v) is 16.9. The minimum Gasteiger partial charge on any atom is -0.492 e. The Morgan fingerprint density at radius 1 is 0.862 bits per heavy atom. The van der Waals surface area contributed by atoms with Gasteiger partial charge in [0.1, 0.15) is 0 Å². The van der Waals surface area contributed by atoms with Gasteiger partial charge in [-0.25, -0.2) is 0 Å². The molecule has 5 rings (SSSR count). The molecular weight excluding hydrogens is 376 g/mol. The molecule has 154 valence electrons. The van der Waals surface area contributed by atoms with Gasteiger partial charge in [0.25, 0.3) is 0 Å². The van der Waals surface area contributed by atoms with Crippen LogP contribution >= 0.6 is 0 Å². The second kappa shape index (κ2) is 6.62. The summed E-state index contributed by atoms with van der Waals surface area (Å²) in [5.41, 5.74) is 3.35. The summed E-state index contributed by atoms with van der Waals surface area (Å²) in [6.45, 7) is 4.46. The zero-order chi connectivity index (χ0) is 20.3. The summed E-state index contributed by atoms with van der Waals surface area (Å²) in [5.74, 6) is 3.67. The molecule has 7 nitrogen and oxygen atoms in total. The lowest BCUT2D eigenvalue weighted by molar-refractivity contribution is 0.0864. The van der Waals surface area contributed by atoms with Crippen LogP contribution in [0.5, 0.6) is 34.5 Å². The van der Waals surface area contributed by atoms with Crippen LogP contribution in [0.4, 0.5) is 0 Å². The summed E-state index contributed by atoms with van der Waals surface area (Å²) in [6.07, 6.45) is 0.0455. The fourth-order valence-electron chi connectivity index (χ4n) is 4.54. The van der Waals surface area contributed by atoms with Gasteiger partial charge in [0.2, 0.25) is 25.1 Å². The SMILES string of the molecule is COc1c2c(cc3c1-c1c(cc4c(c1OC)OCO4)C(O)[C@@H](C)[C@@H](C)C3)OCO2. The molecule has 7 heteroatoms. The molecule has 2 heterocycles. The lowest BCUT2D eigenvalue weighted by Gasteiger charge is -2.32. The maximum absolute atomic E-state index is 11.3. The van der Waals surface area contributed by atoms with E-state index in [-0.39, 0.29) is 25.4 Å². The highest BCUT2D eigenvalue weighted by molar-refractivity contribution is 5.89. The Bertz CT molecular complexity index is 984. The number of hydrogen-bond acceptors (Lipinski definition) is 7. The maximum Gasteiger partial charge on any atom is 0.231 e. The predicted molar refractivity (Wildman–Crippen MR) is 104 cm³/mol. The van der Waals surface area contributed by atoms with Crippen molar-refractivity contribution in [1.29, 1.82) is 0 Å². The molecule has 29 heavy (non-hydrogen) atoms. The fraction of sp³-hybridized carbons (Fsp3) is 0.455. The minimum absolute atomic E-state index is 0.0170. The van der Waals surface area contributed by atoms with E-state index in [1.807, 2.05) is 12.1 Å². The molecule has 3 aliphatic rings. The average Bonchev–Trinajstić information content (AvgIpc) is 3.38. The average molecular weight is 400 g/mol. The molecule has 0 aromatic heterocycles. The van der Waals surface area contributed by atoms with Crippen LogP contribution in [0.25, 0.3) is 11.1 Å². The van der Waals surface area contributed by atoms with Crippen molar-refractivity contribution in [3.63, 3.8) is 0 Å². The Morgan fingerprint density at radius 3 is 2.07 bits per heavy atom. The standard InChI is InChI=1S/C22H24O7/c1-10-5-12-6-14-19(28-8-26-14)21(24-3)16(12)17-13(18(23)11(10)2)7-15-20(22(17)25-4)29-9-27-15/h6-7,10-11,18,23H,5,8-9H2,1-4H3/t10-,11-,18?/m0/s1. The van der Waals surface area contributed by atoms with Crippen molar-refractivity contribution >= 4 is 0 Å². The van der Waals surface area contributed by atoms with Gasteiger partial charge in [-0.15, -0.1) is 0 Å². The van der Waals surface area contributed by atoms with Crippen molar-refractivity contribution < 1.29 is 33.5 Å². The van der Waals surface area contributed by atoms with E-state index < -0.39 is 6.10 Å². The molecule has 1 unspecified atom stereocenters. The molecule has 0 amide bonds. The number of rotatable bonds is 2. The predicted octanol–water partition coefficient (Wildman–Crippen LogP) is 3.69. The number of aliphatic hydroxyl groups excluding tert-OH is 1. The molecule has 2 aliphatic heterocycles. The third-order valence-electron chi connectivity index (χ3n) is 6.27. The second-order valence-corrected chi connectivity index (χ2v) is 7.77. The Morgan fingerprint density at radius 2 is 1.45 bits per heavy atom. The van der Waals surface area contributed by atoms with E-state index in [9.17, 15) is 5.11 Å². The van der Waals surface area contributed by atoms with Crippen LogP contribution in [0.2, 0.25) is 0 Å². The van der Waals surface area contributed by atoms with Crippen LogP contribution in [0, 0.1) is 11.8 Å². The summed E-state index contributed by atoms with van der Waals surface area (Å²) in [7, 11) is 3.20. The molecule has 3 atom stereocenters. The first kappa shape index (κ1) is 18.2. The van der Waals surface area contributed by atoms with Gasteiger partial charge in [0, 0.05) is 11.1 Å². The molecule has 0 spiro atoms. The molecular formula is C22H24O7. The summed E-state index contributed by atoms with van der Waals surface area (Å²) >= 11 is 0. The topological polar surface area (TPSA) is 75.6 Å². The molecule has 2 aromatic rings. The number of ether oxygens (including phenoxy) is 6. The van der Waals surface area contributed by atoms with Gasteiger partial charge in [-0.2, -0.15) is 0 Å². The van der Waals surface area contributed by atoms with Crippen molar-refractivity contribution in [3.05, 3.63) is 23.3 Å². The van der Waals surface area contributed by atoms with Crippen LogP contribution in [0.15, 0.2) is 12.1 Å². The van der Waals surface area contributed by atoms with Crippen molar-refractivity contribution in [3.8, 4) is 45.6 Å². The number of fused-ring (bicyclic) bond motifs is 5. The monoisotopic (exact) mass is 400 g/mol. The zero-order valence-electron chi connectivity index (χ0n) is 16.9. The molecule has 1 N–H and O–H groups in total. The summed E-state index contributed by atoms with van der Waals surface area (Å²) < 4.78 is 34.3. The first-order valence-electron chi connectivity index (χ1n) is 9.73. The van der Waals surface area contributed by atoms with Gasteiger partial charge in [0.15, 0.2) is 23.0 Å². The van der Waals surface area contributed by atoms with E-state index in [1.54, 1.807) is 14.2 Å². The highest BCUT2D eigenvalue weighted by atomic mass is 16.7. The minimum atomic E-state index is -0.702. The molecule has 0 saturated carbocycles. The number of methoxy groups -OCH3 is 2. The van der Waals surface area contributed by atoms with Crippen LogP contribution < -0.4 is 28.4 Å². The largest absolute Gasteiger partial charge is 0.492 e. The van der Waals surface area contributed by atoms with E-state index in [1.165, 1.54) is 0 Å². The van der Waals surface area contributed by atoms with Gasteiger partial charge in [-0.05, 0) is 41.5 Å². The lowest BCUT2D eigenvalue weighted by Crippen LogP contribution is -2.22. The van der Waals surface area contributed by atoms with Crippen LogP contribution in [-0.4, -0.2) is 32.9 Å². The van der Waals surface area contributed by atoms with E-state index in [0.717, 1.165) is 28.7 Å². The van der Waals surface area contributed by atoms with Crippen LogP contribution in [0.1, 0.15) is 31.1 Å². The summed E-state index contributed by atoms with van der Waals surface area (Å²) in [5, 5.41) is 11.3. The lowest BCUT2D eigenvalue weighted by atomic mass is 9.76. The molecule has 0 saturated heterocycles. The highest BCUT2D eigenvalue weighted by Gasteiger charge is 2.38. The number of aliphatic hydroxyl groups is 1. The molecule has 0 radical (unpaired) electrons. The second-order valence-electron chi connectivity index (χ2n) is 7.77. The van der Waals surface area contributed by atoms with Gasteiger partial charge >= 0.3 is 0 Å². The third kappa shape index (κ3) is 2.53. The Kier molecular flexibility index (Phi) is 4.17. The normalized spacial score (nSPS) is 23.7. The van der Waals surface area contributed by atoms with E-state index in [0.29, 0.717) is 34.5 Å². The smallest absolute Gasteiger partial charge is 0.231 e. The summed E-state index contributed by atoms with van der Waals surface area (Å²) in [4.78, 5) is 0. The number of hydrogen-bond donors (Lipinski definition) is 1. The van der Waals surface area contributed by atoms with Crippen molar-refractivity contribution in [2.45, 2.75) is 26.4 Å². The van der Waals surface area contributed by atoms with Crippen molar-refractivity contribution in [1.82, 2.24) is 0 Å². The Labute approximate surface area is 169 Å². The number of benzene rings is 2. The van der Waals surface area contributed by atoms with Crippen LogP contribution in [-0.2, 0) is 6.42 Å². The first-order chi connectivity index (χ1) is 14.0. The van der Waals surface area contributed by atoms with Crippen LogP contribution in [0.3, 0.4) is 0 Å². The van der Waals surface area contributed by atoms with Crippen molar-refractivity contribution in [2.24, 2.45) is 11.8 Å². The highest BCUT2D eigenvalue weighted by Crippen LogP contribution is 2.58. The molecule has 1 aliphatic carbocycles. The Hall–Kier alpha value is -2.80. The fourth-order valence-corrected chi connectivity index (χ4v) is 4.54. The molecule has 0 fully saturated rings. The maximum atomic E-state index is 11.3. The van der Waals surface area contributed by atoms with Gasteiger partial charge in [-0.3, -0.25) is 0 Å². The van der Waals surface area contributed by atoms with Crippen molar-refractivity contribution in [2.75, 3.05) is 27.8 Å². The van der Waals surface area contributed by atoms with E-state index in [4.69, 9.17) is 28.4 Å². The van der Waals surface area contributed by atoms with Gasteiger partial charge in [0.05, 0.1) is 20.3 Å².